The summed E-state index contributed by atoms with van der Waals surface area (Å²) in [6, 6.07) is 3.87. The van der Waals surface area contributed by atoms with Crippen LogP contribution in [0, 0.1) is 0 Å². The number of carbonyl (C=O) groups is 1. The van der Waals surface area contributed by atoms with Gasteiger partial charge in [0.1, 0.15) is 0 Å². The third kappa shape index (κ3) is 3.51. The van der Waals surface area contributed by atoms with E-state index in [4.69, 9.17) is 9.84 Å². The quantitative estimate of drug-likeness (QED) is 0.836. The number of rotatable bonds is 4. The van der Waals surface area contributed by atoms with Crippen LogP contribution >= 0.6 is 0 Å². The summed E-state index contributed by atoms with van der Waals surface area (Å²) in [5, 5.41) is 8.86. The molecule has 1 atom stereocenters. The smallest absolute Gasteiger partial charge is 0.305 e. The van der Waals surface area contributed by atoms with E-state index in [1.54, 1.807) is 12.4 Å². The molecule has 1 aromatic rings. The van der Waals surface area contributed by atoms with E-state index in [0.29, 0.717) is 13.2 Å². The summed E-state index contributed by atoms with van der Waals surface area (Å²) < 4.78 is 5.33. The van der Waals surface area contributed by atoms with Crippen molar-refractivity contribution in [1.82, 2.24) is 9.88 Å². The lowest BCUT2D eigenvalue weighted by Gasteiger charge is -2.34. The van der Waals surface area contributed by atoms with Gasteiger partial charge in [0.05, 0.1) is 19.6 Å². The molecule has 1 N–H and O–H groups in total. The molecule has 0 aromatic carbocycles. The Kier molecular flexibility index (Phi) is 4.06. The Morgan fingerprint density at radius 1 is 1.53 bits per heavy atom. The Balaban J connectivity index is 1.99. The maximum Gasteiger partial charge on any atom is 0.305 e. The van der Waals surface area contributed by atoms with Crippen molar-refractivity contribution >= 4 is 5.97 Å². The number of hydrogen-bond acceptors (Lipinski definition) is 4. The van der Waals surface area contributed by atoms with Gasteiger partial charge in [0.25, 0.3) is 0 Å². The van der Waals surface area contributed by atoms with Gasteiger partial charge in [-0.3, -0.25) is 14.7 Å². The van der Waals surface area contributed by atoms with Crippen molar-refractivity contribution in [3.63, 3.8) is 0 Å². The summed E-state index contributed by atoms with van der Waals surface area (Å²) in [5.74, 6) is -0.778. The normalized spacial score (nSPS) is 21.3. The second-order valence-corrected chi connectivity index (χ2v) is 4.15. The van der Waals surface area contributed by atoms with Gasteiger partial charge in [0.2, 0.25) is 0 Å². The minimum absolute atomic E-state index is 0.0329. The van der Waals surface area contributed by atoms with Crippen molar-refractivity contribution in [3.05, 3.63) is 30.1 Å². The highest BCUT2D eigenvalue weighted by Crippen LogP contribution is 2.14. The second kappa shape index (κ2) is 5.75. The van der Waals surface area contributed by atoms with Crippen LogP contribution in [0.25, 0.3) is 0 Å². The number of aliphatic carboxylic acids is 1. The Morgan fingerprint density at radius 3 is 3.00 bits per heavy atom. The minimum Gasteiger partial charge on any atom is -0.481 e. The van der Waals surface area contributed by atoms with Crippen molar-refractivity contribution in [2.24, 2.45) is 0 Å². The summed E-state index contributed by atoms with van der Waals surface area (Å²) in [6.45, 7) is 2.70. The Labute approximate surface area is 100 Å². The van der Waals surface area contributed by atoms with Crippen LogP contribution in [-0.4, -0.2) is 46.8 Å². The molecule has 0 radical (unpaired) electrons. The first kappa shape index (κ1) is 12.0. The number of aromatic nitrogens is 1. The number of carboxylic acids is 1. The topological polar surface area (TPSA) is 62.7 Å². The van der Waals surface area contributed by atoms with Crippen LogP contribution in [0.2, 0.25) is 0 Å². The lowest BCUT2D eigenvalue weighted by molar-refractivity contribution is -0.140. The van der Waals surface area contributed by atoms with Crippen molar-refractivity contribution < 1.29 is 14.6 Å². The molecular weight excluding hydrogens is 220 g/mol. The van der Waals surface area contributed by atoms with E-state index in [1.165, 1.54) is 0 Å². The van der Waals surface area contributed by atoms with Crippen molar-refractivity contribution in [3.8, 4) is 0 Å². The summed E-state index contributed by atoms with van der Waals surface area (Å²) in [4.78, 5) is 16.9. The average Bonchev–Trinajstić information content (AvgIpc) is 2.32. The van der Waals surface area contributed by atoms with Gasteiger partial charge >= 0.3 is 5.97 Å². The first-order chi connectivity index (χ1) is 8.25. The van der Waals surface area contributed by atoms with E-state index in [-0.39, 0.29) is 12.5 Å². The van der Waals surface area contributed by atoms with E-state index in [1.807, 2.05) is 12.1 Å². The maximum absolute atomic E-state index is 10.8. The van der Waals surface area contributed by atoms with Gasteiger partial charge in [0.15, 0.2) is 0 Å². The fourth-order valence-electron chi connectivity index (χ4n) is 2.01. The van der Waals surface area contributed by atoms with Gasteiger partial charge < -0.3 is 9.84 Å². The van der Waals surface area contributed by atoms with E-state index in [2.05, 4.69) is 9.88 Å². The van der Waals surface area contributed by atoms with Crippen LogP contribution < -0.4 is 0 Å². The zero-order valence-corrected chi connectivity index (χ0v) is 9.58. The minimum atomic E-state index is -0.778. The van der Waals surface area contributed by atoms with E-state index in [9.17, 15) is 4.79 Å². The molecule has 5 nitrogen and oxygen atoms in total. The van der Waals surface area contributed by atoms with Gasteiger partial charge in [-0.2, -0.15) is 0 Å². The van der Waals surface area contributed by atoms with E-state index < -0.39 is 5.97 Å². The van der Waals surface area contributed by atoms with Crippen LogP contribution in [0.5, 0.6) is 0 Å². The molecule has 1 aliphatic heterocycles. The zero-order valence-electron chi connectivity index (χ0n) is 9.58. The molecule has 5 heteroatoms. The number of ether oxygens (including phenoxy) is 1. The number of hydrogen-bond donors (Lipinski definition) is 1. The van der Waals surface area contributed by atoms with Crippen LogP contribution in [-0.2, 0) is 16.1 Å². The second-order valence-electron chi connectivity index (χ2n) is 4.15. The standard InChI is InChI=1S/C12H16N2O3/c15-12(16)7-11-9-17-6-5-14(11)8-10-1-3-13-4-2-10/h1-4,11H,5-9H2,(H,15,16). The van der Waals surface area contributed by atoms with Crippen LogP contribution in [0.15, 0.2) is 24.5 Å². The van der Waals surface area contributed by atoms with Crippen LogP contribution in [0.4, 0.5) is 0 Å². The van der Waals surface area contributed by atoms with Gasteiger partial charge in [-0.25, -0.2) is 0 Å². The molecule has 0 bridgehead atoms. The summed E-state index contributed by atoms with van der Waals surface area (Å²) in [5.41, 5.74) is 1.15. The molecule has 0 spiro atoms. The molecule has 0 saturated carbocycles. The molecule has 1 aliphatic rings. The predicted molar refractivity (Wildman–Crippen MR) is 61.5 cm³/mol. The molecule has 2 rings (SSSR count). The molecule has 1 aromatic heterocycles. The fourth-order valence-corrected chi connectivity index (χ4v) is 2.01. The molecule has 0 amide bonds. The van der Waals surface area contributed by atoms with Gasteiger partial charge in [-0.1, -0.05) is 0 Å². The Bertz CT molecular complexity index is 369. The molecule has 2 heterocycles. The number of carboxylic acid groups (broad SMARTS) is 1. The number of pyridine rings is 1. The zero-order chi connectivity index (χ0) is 12.1. The van der Waals surface area contributed by atoms with E-state index in [0.717, 1.165) is 18.7 Å². The summed E-state index contributed by atoms with van der Waals surface area (Å²) >= 11 is 0. The first-order valence-corrected chi connectivity index (χ1v) is 5.68. The third-order valence-electron chi connectivity index (χ3n) is 2.89. The molecule has 1 fully saturated rings. The van der Waals surface area contributed by atoms with Gasteiger partial charge in [-0.05, 0) is 17.7 Å². The first-order valence-electron chi connectivity index (χ1n) is 5.68. The molecule has 1 saturated heterocycles. The van der Waals surface area contributed by atoms with Crippen LogP contribution in [0.1, 0.15) is 12.0 Å². The average molecular weight is 236 g/mol. The Morgan fingerprint density at radius 2 is 2.29 bits per heavy atom. The highest BCUT2D eigenvalue weighted by atomic mass is 16.5. The summed E-state index contributed by atoms with van der Waals surface area (Å²) in [7, 11) is 0. The highest BCUT2D eigenvalue weighted by Gasteiger charge is 2.25. The predicted octanol–water partition coefficient (Wildman–Crippen LogP) is 0.757. The summed E-state index contributed by atoms with van der Waals surface area (Å²) in [6.07, 6.45) is 3.63. The van der Waals surface area contributed by atoms with E-state index >= 15 is 0 Å². The highest BCUT2D eigenvalue weighted by molar-refractivity contribution is 5.67. The maximum atomic E-state index is 10.8. The molecule has 17 heavy (non-hydrogen) atoms. The number of nitrogens with zero attached hydrogens (tertiary/aromatic N) is 2. The van der Waals surface area contributed by atoms with Crippen LogP contribution in [0.3, 0.4) is 0 Å². The SMILES string of the molecule is O=C(O)CC1COCCN1Cc1ccncc1. The molecule has 92 valence electrons. The fraction of sp³-hybridized carbons (Fsp3) is 0.500. The lowest BCUT2D eigenvalue weighted by atomic mass is 10.1. The monoisotopic (exact) mass is 236 g/mol. The number of morpholine rings is 1. The van der Waals surface area contributed by atoms with Crippen molar-refractivity contribution in [1.29, 1.82) is 0 Å². The van der Waals surface area contributed by atoms with Gasteiger partial charge in [-0.15, -0.1) is 0 Å². The molecular formula is C12H16N2O3. The third-order valence-corrected chi connectivity index (χ3v) is 2.89. The van der Waals surface area contributed by atoms with Crippen molar-refractivity contribution in [2.75, 3.05) is 19.8 Å². The van der Waals surface area contributed by atoms with Crippen molar-refractivity contribution in [2.45, 2.75) is 19.0 Å². The molecule has 1 unspecified atom stereocenters. The largest absolute Gasteiger partial charge is 0.481 e. The Hall–Kier alpha value is -1.46. The molecule has 0 aliphatic carbocycles. The lowest BCUT2D eigenvalue weighted by Crippen LogP contribution is -2.45. The van der Waals surface area contributed by atoms with Gasteiger partial charge in [0, 0.05) is 31.5 Å².